The summed E-state index contributed by atoms with van der Waals surface area (Å²) < 4.78 is 7.76. The fourth-order valence-corrected chi connectivity index (χ4v) is 5.19. The van der Waals surface area contributed by atoms with Crippen LogP contribution in [0.15, 0.2) is 40.3 Å². The third kappa shape index (κ3) is 5.56. The summed E-state index contributed by atoms with van der Waals surface area (Å²) in [6.45, 7) is 4.59. The summed E-state index contributed by atoms with van der Waals surface area (Å²) in [6.07, 6.45) is 6.28. The van der Waals surface area contributed by atoms with Crippen LogP contribution in [0.1, 0.15) is 41.6 Å². The van der Waals surface area contributed by atoms with Gasteiger partial charge in [0.2, 0.25) is 0 Å². The van der Waals surface area contributed by atoms with Crippen LogP contribution in [-0.4, -0.2) is 42.0 Å². The molecule has 8 heteroatoms. The molecule has 0 atom stereocenters. The third-order valence-corrected chi connectivity index (χ3v) is 7.13. The number of thiophene rings is 1. The van der Waals surface area contributed by atoms with Gasteiger partial charge in [-0.25, -0.2) is 4.98 Å². The van der Waals surface area contributed by atoms with E-state index < -0.39 is 0 Å². The molecule has 1 aliphatic heterocycles. The lowest BCUT2D eigenvalue weighted by molar-refractivity contribution is 0.0954. The molecule has 1 saturated heterocycles. The molecule has 0 aliphatic carbocycles. The highest BCUT2D eigenvalue weighted by atomic mass is 79.9. The highest BCUT2D eigenvalue weighted by Crippen LogP contribution is 2.33. The van der Waals surface area contributed by atoms with Crippen LogP contribution in [0.3, 0.4) is 0 Å². The number of hydrogen-bond donors (Lipinski definition) is 2. The van der Waals surface area contributed by atoms with E-state index in [2.05, 4.69) is 31.1 Å². The van der Waals surface area contributed by atoms with Crippen molar-refractivity contribution in [3.8, 4) is 5.75 Å². The molecule has 6 nitrogen and oxygen atoms in total. The molecule has 0 unspecified atom stereocenters. The normalized spacial score (nSPS) is 14.2. The molecule has 0 spiro atoms. The van der Waals surface area contributed by atoms with E-state index in [0.717, 1.165) is 45.3 Å². The van der Waals surface area contributed by atoms with Crippen molar-refractivity contribution in [3.63, 3.8) is 0 Å². The number of nitrogens with one attached hydrogen (secondary N) is 1. The number of ether oxygens (including phenoxy) is 1. The minimum Gasteiger partial charge on any atom is -0.489 e. The van der Waals surface area contributed by atoms with Gasteiger partial charge in [0, 0.05) is 28.2 Å². The number of nitrogens with zero attached hydrogens (tertiary/aromatic N) is 2. The van der Waals surface area contributed by atoms with E-state index in [-0.39, 0.29) is 5.91 Å². The largest absolute Gasteiger partial charge is 0.489 e. The fraction of sp³-hybridized carbons (Fsp3) is 0.391. The Hall–Kier alpha value is -2.16. The van der Waals surface area contributed by atoms with Gasteiger partial charge >= 0.3 is 0 Å². The molecule has 3 heterocycles. The maximum atomic E-state index is 12.8. The van der Waals surface area contributed by atoms with Crippen molar-refractivity contribution in [2.24, 2.45) is 0 Å². The molecule has 0 radical (unpaired) electrons. The molecule has 0 bridgehead atoms. The number of pyridine rings is 1. The zero-order valence-electron chi connectivity index (χ0n) is 17.4. The van der Waals surface area contributed by atoms with Crippen LogP contribution in [0, 0.1) is 0 Å². The lowest BCUT2D eigenvalue weighted by Gasteiger charge is -2.14. The standard InChI is InChI=1S/C23H27BrN4O2S/c24-17-5-7-18(8-6-17)30-14-16-15-31-21-19(13-27-22(25)20(16)21)23(29)26-9-1-2-10-28-11-3-4-12-28/h5-8,13,15H,1-4,9-12,14H2,(H2,25,27)(H,26,29). The maximum absolute atomic E-state index is 12.8. The molecule has 2 aromatic heterocycles. The van der Waals surface area contributed by atoms with Crippen molar-refractivity contribution >= 4 is 49.1 Å². The van der Waals surface area contributed by atoms with Gasteiger partial charge in [0.1, 0.15) is 18.2 Å². The monoisotopic (exact) mass is 502 g/mol. The zero-order valence-corrected chi connectivity index (χ0v) is 19.8. The number of amides is 1. The molecule has 0 saturated carbocycles. The Bertz CT molecular complexity index is 1030. The summed E-state index contributed by atoms with van der Waals surface area (Å²) in [7, 11) is 0. The maximum Gasteiger partial charge on any atom is 0.254 e. The van der Waals surface area contributed by atoms with Crippen LogP contribution in [-0.2, 0) is 6.61 Å². The first-order chi connectivity index (χ1) is 15.1. The number of hydrogen-bond acceptors (Lipinski definition) is 6. The summed E-state index contributed by atoms with van der Waals surface area (Å²) >= 11 is 4.93. The molecule has 31 heavy (non-hydrogen) atoms. The number of likely N-dealkylation sites (tertiary alicyclic amines) is 1. The summed E-state index contributed by atoms with van der Waals surface area (Å²) in [5.41, 5.74) is 7.67. The Labute approximate surface area is 194 Å². The number of aromatic nitrogens is 1. The SMILES string of the molecule is Nc1ncc(C(=O)NCCCCN2CCCC2)c2scc(COc3ccc(Br)cc3)c12. The second-order valence-electron chi connectivity index (χ2n) is 7.78. The van der Waals surface area contributed by atoms with Crippen molar-refractivity contribution in [2.75, 3.05) is 31.9 Å². The van der Waals surface area contributed by atoms with Crippen molar-refractivity contribution in [2.45, 2.75) is 32.3 Å². The number of anilines is 1. The summed E-state index contributed by atoms with van der Waals surface area (Å²) in [4.78, 5) is 19.6. The zero-order chi connectivity index (χ0) is 21.6. The Morgan fingerprint density at radius 3 is 2.77 bits per heavy atom. The summed E-state index contributed by atoms with van der Waals surface area (Å²) in [5, 5.41) is 5.84. The lowest BCUT2D eigenvalue weighted by atomic mass is 10.1. The Morgan fingerprint density at radius 1 is 1.23 bits per heavy atom. The van der Waals surface area contributed by atoms with Crippen LogP contribution >= 0.6 is 27.3 Å². The lowest BCUT2D eigenvalue weighted by Crippen LogP contribution is -2.26. The third-order valence-electron chi connectivity index (χ3n) is 5.54. The molecule has 3 N–H and O–H groups in total. The second-order valence-corrected chi connectivity index (χ2v) is 9.57. The van der Waals surface area contributed by atoms with E-state index in [1.165, 1.54) is 37.3 Å². The van der Waals surface area contributed by atoms with Crippen molar-refractivity contribution < 1.29 is 9.53 Å². The summed E-state index contributed by atoms with van der Waals surface area (Å²) in [5.74, 6) is 1.10. The average Bonchev–Trinajstić information content (AvgIpc) is 3.44. The van der Waals surface area contributed by atoms with E-state index in [4.69, 9.17) is 10.5 Å². The van der Waals surface area contributed by atoms with Gasteiger partial charge in [-0.2, -0.15) is 0 Å². The molecular weight excluding hydrogens is 476 g/mol. The smallest absolute Gasteiger partial charge is 0.254 e. The number of nitrogens with two attached hydrogens (primary N) is 1. The summed E-state index contributed by atoms with van der Waals surface area (Å²) in [6, 6.07) is 7.68. The molecule has 164 valence electrons. The molecular formula is C23H27BrN4O2S. The Balaban J connectivity index is 1.37. The minimum absolute atomic E-state index is 0.0964. The first-order valence-electron chi connectivity index (χ1n) is 10.7. The minimum atomic E-state index is -0.0964. The topological polar surface area (TPSA) is 80.5 Å². The van der Waals surface area contributed by atoms with E-state index in [0.29, 0.717) is 24.5 Å². The number of fused-ring (bicyclic) bond motifs is 1. The van der Waals surface area contributed by atoms with Crippen LogP contribution in [0.25, 0.3) is 10.1 Å². The second kappa shape index (κ2) is 10.4. The van der Waals surface area contributed by atoms with Crippen LogP contribution in [0.4, 0.5) is 5.82 Å². The van der Waals surface area contributed by atoms with Gasteiger partial charge in [-0.05, 0) is 75.0 Å². The molecule has 1 aromatic carbocycles. The number of unbranched alkanes of at least 4 members (excludes halogenated alkanes) is 1. The molecule has 3 aromatic rings. The van der Waals surface area contributed by atoms with Gasteiger partial charge in [0.15, 0.2) is 0 Å². The van der Waals surface area contributed by atoms with E-state index in [1.54, 1.807) is 6.20 Å². The van der Waals surface area contributed by atoms with Crippen molar-refractivity contribution in [1.29, 1.82) is 0 Å². The van der Waals surface area contributed by atoms with Crippen molar-refractivity contribution in [1.82, 2.24) is 15.2 Å². The molecule has 1 amide bonds. The molecule has 4 rings (SSSR count). The average molecular weight is 503 g/mol. The van der Waals surface area contributed by atoms with Crippen LogP contribution in [0.2, 0.25) is 0 Å². The van der Waals surface area contributed by atoms with Crippen LogP contribution < -0.4 is 15.8 Å². The van der Waals surface area contributed by atoms with E-state index >= 15 is 0 Å². The van der Waals surface area contributed by atoms with E-state index in [9.17, 15) is 4.79 Å². The van der Waals surface area contributed by atoms with Gasteiger partial charge in [-0.15, -0.1) is 11.3 Å². The number of benzene rings is 1. The highest BCUT2D eigenvalue weighted by Gasteiger charge is 2.17. The number of rotatable bonds is 9. The number of nitrogen functional groups attached to an aromatic ring is 1. The Morgan fingerprint density at radius 2 is 2.00 bits per heavy atom. The van der Waals surface area contributed by atoms with Gasteiger partial charge < -0.3 is 20.7 Å². The van der Waals surface area contributed by atoms with Gasteiger partial charge in [-0.1, -0.05) is 15.9 Å². The predicted molar refractivity (Wildman–Crippen MR) is 130 cm³/mol. The van der Waals surface area contributed by atoms with E-state index in [1.807, 2.05) is 29.6 Å². The van der Waals surface area contributed by atoms with Crippen molar-refractivity contribution in [3.05, 3.63) is 51.4 Å². The van der Waals surface area contributed by atoms with Gasteiger partial charge in [-0.3, -0.25) is 4.79 Å². The first-order valence-corrected chi connectivity index (χ1v) is 12.3. The Kier molecular flexibility index (Phi) is 7.42. The molecule has 1 aliphatic rings. The number of carbonyl (C=O) groups excluding carboxylic acids is 1. The quantitative estimate of drug-likeness (QED) is 0.409. The number of halogens is 1. The number of carbonyl (C=O) groups is 1. The van der Waals surface area contributed by atoms with Crippen LogP contribution in [0.5, 0.6) is 5.75 Å². The van der Waals surface area contributed by atoms with Gasteiger partial charge in [0.05, 0.1) is 10.3 Å². The fourth-order valence-electron chi connectivity index (χ4n) is 3.85. The molecule has 1 fully saturated rings. The first kappa shape index (κ1) is 22.0. The van der Waals surface area contributed by atoms with Gasteiger partial charge in [0.25, 0.3) is 5.91 Å². The highest BCUT2D eigenvalue weighted by molar-refractivity contribution is 9.10. The predicted octanol–water partition coefficient (Wildman–Crippen LogP) is 4.83.